The fourth-order valence-electron chi connectivity index (χ4n) is 1.55. The van der Waals surface area contributed by atoms with Gasteiger partial charge in [-0.05, 0) is 12.5 Å². The van der Waals surface area contributed by atoms with Crippen LogP contribution in [0.2, 0.25) is 0 Å². The van der Waals surface area contributed by atoms with Crippen LogP contribution in [0.1, 0.15) is 13.3 Å². The van der Waals surface area contributed by atoms with Gasteiger partial charge in [0.05, 0.1) is 21.3 Å². The van der Waals surface area contributed by atoms with Gasteiger partial charge in [0.2, 0.25) is 5.95 Å². The second-order valence-corrected chi connectivity index (χ2v) is 4.55. The molecule has 2 rings (SSSR count). The van der Waals surface area contributed by atoms with E-state index >= 15 is 0 Å². The SMILES string of the molecule is CCC(Cl)CNc1nc2ccc([N+](=O)[O-])cc2[nH]1. The lowest BCUT2D eigenvalue weighted by molar-refractivity contribution is -0.384. The first kappa shape index (κ1) is 12.6. The predicted molar refractivity (Wildman–Crippen MR) is 71.2 cm³/mol. The number of non-ortho nitro benzene ring substituents is 1. The Morgan fingerprint density at radius 3 is 3.06 bits per heavy atom. The molecular weight excluding hydrogens is 256 g/mol. The molecule has 1 heterocycles. The van der Waals surface area contributed by atoms with Crippen molar-refractivity contribution in [3.8, 4) is 0 Å². The van der Waals surface area contributed by atoms with Crippen LogP contribution in [0.5, 0.6) is 0 Å². The first-order valence-corrected chi connectivity index (χ1v) is 6.06. The Balaban J connectivity index is 2.19. The highest BCUT2D eigenvalue weighted by Gasteiger charge is 2.10. The van der Waals surface area contributed by atoms with E-state index in [1.165, 1.54) is 12.1 Å². The predicted octanol–water partition coefficient (Wildman–Crippen LogP) is 2.90. The topological polar surface area (TPSA) is 83.8 Å². The molecule has 96 valence electrons. The molecule has 2 aromatic rings. The summed E-state index contributed by atoms with van der Waals surface area (Å²) < 4.78 is 0. The van der Waals surface area contributed by atoms with Crippen molar-refractivity contribution in [1.29, 1.82) is 0 Å². The number of hydrogen-bond donors (Lipinski definition) is 2. The zero-order valence-electron chi connectivity index (χ0n) is 9.81. The van der Waals surface area contributed by atoms with Crippen molar-refractivity contribution >= 4 is 34.3 Å². The van der Waals surface area contributed by atoms with E-state index in [-0.39, 0.29) is 11.1 Å². The van der Waals surface area contributed by atoms with Crippen LogP contribution < -0.4 is 5.32 Å². The van der Waals surface area contributed by atoms with E-state index in [1.807, 2.05) is 6.92 Å². The van der Waals surface area contributed by atoms with E-state index in [4.69, 9.17) is 11.6 Å². The van der Waals surface area contributed by atoms with Gasteiger partial charge in [-0.15, -0.1) is 11.6 Å². The third kappa shape index (κ3) is 2.70. The molecule has 1 unspecified atom stereocenters. The van der Waals surface area contributed by atoms with Crippen LogP contribution >= 0.6 is 11.6 Å². The third-order valence-electron chi connectivity index (χ3n) is 2.61. The number of aromatic nitrogens is 2. The number of anilines is 1. The number of nitro groups is 1. The summed E-state index contributed by atoms with van der Waals surface area (Å²) in [5, 5.41) is 13.7. The molecule has 1 aromatic carbocycles. The van der Waals surface area contributed by atoms with E-state index in [1.54, 1.807) is 6.07 Å². The first-order valence-electron chi connectivity index (χ1n) is 5.62. The molecule has 0 radical (unpaired) electrons. The highest BCUT2D eigenvalue weighted by Crippen LogP contribution is 2.20. The van der Waals surface area contributed by atoms with Crippen LogP contribution in [0.15, 0.2) is 18.2 Å². The molecular formula is C11H13ClN4O2. The molecule has 0 amide bonds. The molecule has 2 N–H and O–H groups in total. The van der Waals surface area contributed by atoms with E-state index < -0.39 is 4.92 Å². The van der Waals surface area contributed by atoms with Crippen LogP contribution in [0, 0.1) is 10.1 Å². The second-order valence-electron chi connectivity index (χ2n) is 3.93. The number of alkyl halides is 1. The maximum absolute atomic E-state index is 10.6. The molecule has 1 atom stereocenters. The summed E-state index contributed by atoms with van der Waals surface area (Å²) in [4.78, 5) is 17.5. The average Bonchev–Trinajstić information content (AvgIpc) is 2.77. The molecule has 0 spiro atoms. The van der Waals surface area contributed by atoms with Crippen molar-refractivity contribution < 1.29 is 4.92 Å². The van der Waals surface area contributed by atoms with Crippen LogP contribution in [0.3, 0.4) is 0 Å². The number of nitrogens with zero attached hydrogens (tertiary/aromatic N) is 2. The van der Waals surface area contributed by atoms with Crippen molar-refractivity contribution in [2.75, 3.05) is 11.9 Å². The van der Waals surface area contributed by atoms with E-state index in [0.717, 1.165) is 6.42 Å². The van der Waals surface area contributed by atoms with Gasteiger partial charge in [0.1, 0.15) is 0 Å². The Morgan fingerprint density at radius 2 is 2.39 bits per heavy atom. The van der Waals surface area contributed by atoms with Crippen LogP contribution in [-0.4, -0.2) is 26.8 Å². The minimum atomic E-state index is -0.431. The second kappa shape index (κ2) is 5.22. The number of rotatable bonds is 5. The molecule has 18 heavy (non-hydrogen) atoms. The van der Waals surface area contributed by atoms with E-state index in [2.05, 4.69) is 15.3 Å². The average molecular weight is 269 g/mol. The fraction of sp³-hybridized carbons (Fsp3) is 0.364. The summed E-state index contributed by atoms with van der Waals surface area (Å²) in [5.41, 5.74) is 1.36. The van der Waals surface area contributed by atoms with Gasteiger partial charge in [-0.2, -0.15) is 0 Å². The van der Waals surface area contributed by atoms with Gasteiger partial charge in [0.15, 0.2) is 0 Å². The summed E-state index contributed by atoms with van der Waals surface area (Å²) in [6, 6.07) is 4.52. The molecule has 6 nitrogen and oxygen atoms in total. The van der Waals surface area contributed by atoms with Gasteiger partial charge >= 0.3 is 0 Å². The van der Waals surface area contributed by atoms with Crippen molar-refractivity contribution in [3.63, 3.8) is 0 Å². The molecule has 0 fully saturated rings. The number of imidazole rings is 1. The zero-order valence-corrected chi connectivity index (χ0v) is 10.6. The van der Waals surface area contributed by atoms with Gasteiger partial charge < -0.3 is 10.3 Å². The largest absolute Gasteiger partial charge is 0.354 e. The Labute approximate surface area is 109 Å². The maximum Gasteiger partial charge on any atom is 0.271 e. The molecule has 0 saturated carbocycles. The molecule has 0 saturated heterocycles. The van der Waals surface area contributed by atoms with Gasteiger partial charge in [-0.3, -0.25) is 10.1 Å². The van der Waals surface area contributed by atoms with Gasteiger partial charge in [0.25, 0.3) is 5.69 Å². The van der Waals surface area contributed by atoms with Crippen LogP contribution in [-0.2, 0) is 0 Å². The molecule has 0 aliphatic heterocycles. The monoisotopic (exact) mass is 268 g/mol. The molecule has 7 heteroatoms. The molecule has 0 aliphatic rings. The smallest absolute Gasteiger partial charge is 0.271 e. The number of aromatic amines is 1. The Bertz CT molecular complexity index is 569. The summed E-state index contributed by atoms with van der Waals surface area (Å²) in [6.07, 6.45) is 0.861. The number of halogens is 1. The number of fused-ring (bicyclic) bond motifs is 1. The van der Waals surface area contributed by atoms with E-state index in [9.17, 15) is 10.1 Å². The summed E-state index contributed by atoms with van der Waals surface area (Å²) in [7, 11) is 0. The van der Waals surface area contributed by atoms with E-state index in [0.29, 0.717) is 23.5 Å². The quantitative estimate of drug-likeness (QED) is 0.496. The fourth-order valence-corrected chi connectivity index (χ4v) is 1.62. The van der Waals surface area contributed by atoms with Crippen molar-refractivity contribution in [1.82, 2.24) is 9.97 Å². The minimum absolute atomic E-state index is 0.0348. The standard InChI is InChI=1S/C11H13ClN4O2/c1-2-7(12)6-13-11-14-9-4-3-8(16(17)18)5-10(9)15-11/h3-5,7H,2,6H2,1H3,(H2,13,14,15). The van der Waals surface area contributed by atoms with Crippen molar-refractivity contribution in [2.45, 2.75) is 18.7 Å². The molecule has 0 aliphatic carbocycles. The minimum Gasteiger partial charge on any atom is -0.354 e. The highest BCUT2D eigenvalue weighted by atomic mass is 35.5. The van der Waals surface area contributed by atoms with Crippen molar-refractivity contribution in [2.24, 2.45) is 0 Å². The summed E-state index contributed by atoms with van der Waals surface area (Å²) >= 11 is 5.99. The van der Waals surface area contributed by atoms with Gasteiger partial charge in [0, 0.05) is 18.7 Å². The normalized spacial score (nSPS) is 12.6. The van der Waals surface area contributed by atoms with Gasteiger partial charge in [-0.1, -0.05) is 6.92 Å². The number of hydrogen-bond acceptors (Lipinski definition) is 4. The van der Waals surface area contributed by atoms with Crippen molar-refractivity contribution in [3.05, 3.63) is 28.3 Å². The molecule has 1 aromatic heterocycles. The number of nitrogens with one attached hydrogen (secondary N) is 2. The molecule has 0 bridgehead atoms. The Morgan fingerprint density at radius 1 is 1.61 bits per heavy atom. The number of H-pyrrole nitrogens is 1. The number of nitro benzene ring substituents is 1. The Kier molecular flexibility index (Phi) is 3.66. The van der Waals surface area contributed by atoms with Crippen LogP contribution in [0.25, 0.3) is 11.0 Å². The lowest BCUT2D eigenvalue weighted by Gasteiger charge is -2.06. The highest BCUT2D eigenvalue weighted by molar-refractivity contribution is 6.20. The summed E-state index contributed by atoms with van der Waals surface area (Å²) in [5.74, 6) is 0.574. The lowest BCUT2D eigenvalue weighted by Crippen LogP contribution is -2.13. The zero-order chi connectivity index (χ0) is 13.1. The van der Waals surface area contributed by atoms with Crippen LogP contribution in [0.4, 0.5) is 11.6 Å². The third-order valence-corrected chi connectivity index (χ3v) is 3.07. The summed E-state index contributed by atoms with van der Waals surface area (Å²) in [6.45, 7) is 2.60. The van der Waals surface area contributed by atoms with Gasteiger partial charge in [-0.25, -0.2) is 4.98 Å². The maximum atomic E-state index is 10.6. The lowest BCUT2D eigenvalue weighted by atomic mass is 10.3. The first-order chi connectivity index (χ1) is 8.60. The Hall–Kier alpha value is -1.82. The number of benzene rings is 1.